The minimum Gasteiger partial charge on any atom is -0.299 e. The molecule has 2 N–H and O–H groups in total. The Morgan fingerprint density at radius 3 is 2.33 bits per heavy atom. The minimum absolute atomic E-state index is 0.0951. The average Bonchev–Trinajstić information content (AvgIpc) is 3.14. The van der Waals surface area contributed by atoms with Crippen LogP contribution >= 0.6 is 11.8 Å². The van der Waals surface area contributed by atoms with E-state index in [1.54, 1.807) is 0 Å². The lowest BCUT2D eigenvalue weighted by Crippen LogP contribution is -2.41. The van der Waals surface area contributed by atoms with Crippen LogP contribution in [-0.4, -0.2) is 32.3 Å². The van der Waals surface area contributed by atoms with Gasteiger partial charge >= 0.3 is 0 Å². The number of nitrogens with zero attached hydrogens (tertiary/aromatic N) is 3. The van der Waals surface area contributed by atoms with Crippen LogP contribution in [0.3, 0.4) is 0 Å². The lowest BCUT2D eigenvalue weighted by atomic mass is 9.86. The Hall–Kier alpha value is -2.35. The van der Waals surface area contributed by atoms with Gasteiger partial charge in [0.1, 0.15) is 0 Å². The highest BCUT2D eigenvalue weighted by Crippen LogP contribution is 2.36. The van der Waals surface area contributed by atoms with Crippen molar-refractivity contribution in [3.63, 3.8) is 0 Å². The molecule has 1 aromatic carbocycles. The number of carbonyl (C=O) groups excluding carboxylic acids is 2. The molecule has 0 unspecified atom stereocenters. The number of benzene rings is 1. The third kappa shape index (κ3) is 5.62. The Bertz CT molecular complexity index is 880. The second-order valence-corrected chi connectivity index (χ2v) is 9.76. The van der Waals surface area contributed by atoms with Gasteiger partial charge < -0.3 is 0 Å². The van der Waals surface area contributed by atoms with E-state index in [0.29, 0.717) is 6.04 Å². The Kier molecular flexibility index (Phi) is 7.18. The molecule has 1 aliphatic rings. The van der Waals surface area contributed by atoms with Crippen LogP contribution < -0.4 is 10.9 Å². The van der Waals surface area contributed by atoms with Gasteiger partial charge in [0.25, 0.3) is 0 Å². The summed E-state index contributed by atoms with van der Waals surface area (Å²) in [5.74, 6) is 0.435. The topological polar surface area (TPSA) is 88.9 Å². The lowest BCUT2D eigenvalue weighted by Gasteiger charge is -2.26. The van der Waals surface area contributed by atoms with Crippen molar-refractivity contribution >= 4 is 23.6 Å². The van der Waals surface area contributed by atoms with Crippen LogP contribution in [0.1, 0.15) is 71.4 Å². The summed E-state index contributed by atoms with van der Waals surface area (Å²) >= 11 is 1.35. The zero-order valence-electron chi connectivity index (χ0n) is 18.2. The van der Waals surface area contributed by atoms with Crippen molar-refractivity contribution in [1.82, 2.24) is 25.6 Å². The number of hydrogen-bond acceptors (Lipinski definition) is 5. The van der Waals surface area contributed by atoms with E-state index >= 15 is 0 Å². The molecule has 3 rings (SSSR count). The van der Waals surface area contributed by atoms with Crippen LogP contribution in [0.2, 0.25) is 0 Å². The third-order valence-electron chi connectivity index (χ3n) is 5.32. The molecule has 2 amide bonds. The van der Waals surface area contributed by atoms with Crippen LogP contribution in [0.5, 0.6) is 0 Å². The van der Waals surface area contributed by atoms with E-state index in [2.05, 4.69) is 70.7 Å². The number of thioether (sulfide) groups is 1. The predicted molar refractivity (Wildman–Crippen MR) is 119 cm³/mol. The third-order valence-corrected chi connectivity index (χ3v) is 6.27. The maximum absolute atomic E-state index is 12.0. The molecule has 7 nitrogen and oxygen atoms in total. The first-order chi connectivity index (χ1) is 14.3. The van der Waals surface area contributed by atoms with Gasteiger partial charge in [0.15, 0.2) is 11.0 Å². The fourth-order valence-corrected chi connectivity index (χ4v) is 4.49. The number of aromatic nitrogens is 3. The number of hydrogen-bond donors (Lipinski definition) is 2. The van der Waals surface area contributed by atoms with E-state index < -0.39 is 0 Å². The fourth-order valence-electron chi connectivity index (χ4n) is 3.68. The Balaban J connectivity index is 1.84. The molecule has 1 heterocycles. The summed E-state index contributed by atoms with van der Waals surface area (Å²) < 4.78 is 2.21. The standard InChI is InChI=1S/C22H31N5O2S/c1-15(28)23-24-19(29)14-30-21-26-25-20(27(21)18-8-6-5-7-9-18)16-10-12-17(13-11-16)22(2,3)4/h10-13,18H,5-9,14H2,1-4H3,(H,23,28)(H,24,29). The molecule has 0 spiro atoms. The lowest BCUT2D eigenvalue weighted by molar-refractivity contribution is -0.126. The number of nitrogens with one attached hydrogen (secondary N) is 2. The molecule has 0 aliphatic heterocycles. The van der Waals surface area contributed by atoms with Gasteiger partial charge in [-0.2, -0.15) is 0 Å². The van der Waals surface area contributed by atoms with Gasteiger partial charge in [0, 0.05) is 18.5 Å². The van der Waals surface area contributed by atoms with Gasteiger partial charge in [-0.05, 0) is 23.8 Å². The quantitative estimate of drug-likeness (QED) is 0.554. The summed E-state index contributed by atoms with van der Waals surface area (Å²) in [7, 11) is 0. The smallest absolute Gasteiger partial charge is 0.248 e. The highest BCUT2D eigenvalue weighted by atomic mass is 32.2. The molecule has 0 atom stereocenters. The molecule has 2 aromatic rings. The summed E-state index contributed by atoms with van der Waals surface area (Å²) in [5, 5.41) is 9.66. The highest BCUT2D eigenvalue weighted by Gasteiger charge is 2.24. The second kappa shape index (κ2) is 9.64. The first kappa shape index (κ1) is 22.3. The molecule has 162 valence electrons. The molecule has 1 saturated carbocycles. The zero-order valence-corrected chi connectivity index (χ0v) is 19.0. The average molecular weight is 430 g/mol. The maximum atomic E-state index is 12.0. The molecule has 0 radical (unpaired) electrons. The molecule has 0 bridgehead atoms. The van der Waals surface area contributed by atoms with Crippen molar-refractivity contribution < 1.29 is 9.59 Å². The first-order valence-corrected chi connectivity index (χ1v) is 11.5. The molecule has 1 aliphatic carbocycles. The number of amides is 2. The van der Waals surface area contributed by atoms with Gasteiger partial charge in [-0.15, -0.1) is 10.2 Å². The predicted octanol–water partition coefficient (Wildman–Crippen LogP) is 4.01. The molecule has 0 saturated heterocycles. The van der Waals surface area contributed by atoms with E-state index in [-0.39, 0.29) is 23.0 Å². The van der Waals surface area contributed by atoms with Gasteiger partial charge in [-0.25, -0.2) is 0 Å². The minimum atomic E-state index is -0.306. The Labute approximate surface area is 182 Å². The fraction of sp³-hybridized carbons (Fsp3) is 0.545. The van der Waals surface area contributed by atoms with Crippen molar-refractivity contribution in [3.05, 3.63) is 29.8 Å². The van der Waals surface area contributed by atoms with Gasteiger partial charge in [-0.3, -0.25) is 25.0 Å². The van der Waals surface area contributed by atoms with Gasteiger partial charge in [0.2, 0.25) is 11.8 Å². The van der Waals surface area contributed by atoms with Crippen LogP contribution in [-0.2, 0) is 15.0 Å². The van der Waals surface area contributed by atoms with Crippen molar-refractivity contribution in [1.29, 1.82) is 0 Å². The van der Waals surface area contributed by atoms with E-state index in [0.717, 1.165) is 29.4 Å². The monoisotopic (exact) mass is 429 g/mol. The van der Waals surface area contributed by atoms with Crippen molar-refractivity contribution in [3.8, 4) is 11.4 Å². The van der Waals surface area contributed by atoms with E-state index in [9.17, 15) is 9.59 Å². The van der Waals surface area contributed by atoms with Crippen LogP contribution in [0, 0.1) is 0 Å². The van der Waals surface area contributed by atoms with Crippen molar-refractivity contribution in [2.75, 3.05) is 5.75 Å². The molecule has 1 aromatic heterocycles. The summed E-state index contributed by atoms with van der Waals surface area (Å²) in [6.07, 6.45) is 5.83. The summed E-state index contributed by atoms with van der Waals surface area (Å²) in [5.41, 5.74) is 7.12. The molecular formula is C22H31N5O2S. The molecular weight excluding hydrogens is 398 g/mol. The van der Waals surface area contributed by atoms with Crippen molar-refractivity contribution in [2.45, 2.75) is 76.4 Å². The zero-order chi connectivity index (χ0) is 21.7. The number of hydrazine groups is 1. The van der Waals surface area contributed by atoms with Crippen LogP contribution in [0.4, 0.5) is 0 Å². The second-order valence-electron chi connectivity index (χ2n) is 8.81. The van der Waals surface area contributed by atoms with E-state index in [1.807, 2.05) is 0 Å². The van der Waals surface area contributed by atoms with E-state index in [4.69, 9.17) is 0 Å². The maximum Gasteiger partial charge on any atom is 0.248 e. The molecule has 8 heteroatoms. The van der Waals surface area contributed by atoms with Crippen LogP contribution in [0.25, 0.3) is 11.4 Å². The van der Waals surface area contributed by atoms with Crippen LogP contribution in [0.15, 0.2) is 29.4 Å². The van der Waals surface area contributed by atoms with Gasteiger partial charge in [0.05, 0.1) is 5.75 Å². The van der Waals surface area contributed by atoms with Gasteiger partial charge in [-0.1, -0.05) is 76.1 Å². The molecule has 1 fully saturated rings. The summed E-state index contributed by atoms with van der Waals surface area (Å²) in [4.78, 5) is 23.0. The van der Waals surface area contributed by atoms with E-state index in [1.165, 1.54) is 43.5 Å². The highest BCUT2D eigenvalue weighted by molar-refractivity contribution is 7.99. The Morgan fingerprint density at radius 2 is 1.73 bits per heavy atom. The number of carbonyl (C=O) groups is 2. The summed E-state index contributed by atoms with van der Waals surface area (Å²) in [6.45, 7) is 7.96. The Morgan fingerprint density at radius 1 is 1.07 bits per heavy atom. The largest absolute Gasteiger partial charge is 0.299 e. The normalized spacial score (nSPS) is 15.1. The molecule has 30 heavy (non-hydrogen) atoms. The SMILES string of the molecule is CC(=O)NNC(=O)CSc1nnc(-c2ccc(C(C)(C)C)cc2)n1C1CCCCC1. The first-order valence-electron chi connectivity index (χ1n) is 10.5. The van der Waals surface area contributed by atoms with Crippen molar-refractivity contribution in [2.24, 2.45) is 0 Å². The number of rotatable bonds is 5. The summed E-state index contributed by atoms with van der Waals surface area (Å²) in [6, 6.07) is 8.88.